The van der Waals surface area contributed by atoms with Crippen LogP contribution < -0.4 is 5.69 Å². The van der Waals surface area contributed by atoms with E-state index in [1.54, 1.807) is 27.3 Å². The average molecular weight is 435 g/mol. The highest BCUT2D eigenvalue weighted by atomic mass is 16.4. The van der Waals surface area contributed by atoms with Crippen LogP contribution in [-0.4, -0.2) is 26.5 Å². The summed E-state index contributed by atoms with van der Waals surface area (Å²) in [5.74, 6) is -0.966. The van der Waals surface area contributed by atoms with Gasteiger partial charge in [-0.05, 0) is 35.6 Å². The molecule has 0 atom stereocenters. The van der Waals surface area contributed by atoms with Crippen LogP contribution in [0, 0.1) is 0 Å². The van der Waals surface area contributed by atoms with Gasteiger partial charge in [-0.1, -0.05) is 75.6 Å². The second-order valence-electron chi connectivity index (χ2n) is 7.97. The van der Waals surface area contributed by atoms with Crippen molar-refractivity contribution in [3.8, 4) is 11.1 Å². The first-order valence-corrected chi connectivity index (χ1v) is 11.2. The van der Waals surface area contributed by atoms with Gasteiger partial charge in [0, 0.05) is 6.54 Å². The summed E-state index contributed by atoms with van der Waals surface area (Å²) in [5.41, 5.74) is 3.75. The van der Waals surface area contributed by atoms with Crippen LogP contribution in [0.15, 0.2) is 53.3 Å². The fourth-order valence-corrected chi connectivity index (χ4v) is 4.08. The third-order valence-corrected chi connectivity index (χ3v) is 5.72. The van der Waals surface area contributed by atoms with Crippen molar-refractivity contribution in [2.45, 2.75) is 59.0 Å². The molecule has 168 valence electrons. The second-order valence-corrected chi connectivity index (χ2v) is 7.97. The number of carboxylic acids is 1. The third-order valence-electron chi connectivity index (χ3n) is 5.72. The lowest BCUT2D eigenvalue weighted by molar-refractivity contribution is 0.0697. The first-order valence-electron chi connectivity index (χ1n) is 11.2. The highest BCUT2D eigenvalue weighted by Crippen LogP contribution is 2.24. The monoisotopic (exact) mass is 434 g/mol. The van der Waals surface area contributed by atoms with Gasteiger partial charge in [0.2, 0.25) is 0 Å². The van der Waals surface area contributed by atoms with Crippen molar-refractivity contribution < 1.29 is 14.7 Å². The summed E-state index contributed by atoms with van der Waals surface area (Å²) >= 11 is 0. The summed E-state index contributed by atoms with van der Waals surface area (Å²) in [6.07, 6.45) is 5.23. The number of hydrogen-bond donors (Lipinski definition) is 1. The van der Waals surface area contributed by atoms with E-state index in [1.807, 2.05) is 37.3 Å². The number of rotatable bonds is 11. The fourth-order valence-electron chi connectivity index (χ4n) is 4.08. The van der Waals surface area contributed by atoms with Gasteiger partial charge in [0.1, 0.15) is 5.69 Å². The molecule has 0 saturated carbocycles. The van der Waals surface area contributed by atoms with E-state index in [1.165, 1.54) is 0 Å². The normalized spacial score (nSPS) is 10.9. The number of imidazole rings is 1. The minimum absolute atomic E-state index is 0.146. The van der Waals surface area contributed by atoms with Crippen molar-refractivity contribution in [3.63, 3.8) is 0 Å². The predicted molar refractivity (Wildman–Crippen MR) is 126 cm³/mol. The van der Waals surface area contributed by atoms with Crippen molar-refractivity contribution in [1.29, 1.82) is 0 Å². The lowest BCUT2D eigenvalue weighted by Gasteiger charge is -2.10. The number of nitrogens with zero attached hydrogens (tertiary/aromatic N) is 2. The number of aromatic nitrogens is 2. The first kappa shape index (κ1) is 23.3. The molecule has 6 heteroatoms. The average Bonchev–Trinajstić information content (AvgIpc) is 3.05. The molecule has 3 aromatic rings. The standard InChI is InChI=1S/C26H30N2O4/c1-3-5-8-16-27-24(18-29)23(9-4-2)28(26(27)32)17-19-12-14-20(15-13-19)21-10-6-7-11-22(21)25(30)31/h6-7,10-15,18H,3-5,8-9,16-17H2,1-2H3,(H,30,31). The van der Waals surface area contributed by atoms with Crippen molar-refractivity contribution in [3.05, 3.63) is 81.5 Å². The maximum Gasteiger partial charge on any atom is 0.336 e. The van der Waals surface area contributed by atoms with E-state index in [0.717, 1.165) is 48.8 Å². The van der Waals surface area contributed by atoms with E-state index in [4.69, 9.17) is 0 Å². The molecule has 0 radical (unpaired) electrons. The van der Waals surface area contributed by atoms with Gasteiger partial charge < -0.3 is 5.11 Å². The number of hydrogen-bond acceptors (Lipinski definition) is 3. The Morgan fingerprint density at radius 2 is 1.69 bits per heavy atom. The van der Waals surface area contributed by atoms with Gasteiger partial charge in [0.25, 0.3) is 0 Å². The van der Waals surface area contributed by atoms with Crippen LogP contribution in [0.5, 0.6) is 0 Å². The quantitative estimate of drug-likeness (QED) is 0.339. The summed E-state index contributed by atoms with van der Waals surface area (Å²) in [6.45, 7) is 5.06. The van der Waals surface area contributed by atoms with Gasteiger partial charge in [-0.25, -0.2) is 9.59 Å². The number of carboxylic acid groups (broad SMARTS) is 1. The molecule has 1 N–H and O–H groups in total. The van der Waals surface area contributed by atoms with Crippen LogP contribution in [-0.2, 0) is 19.5 Å². The topological polar surface area (TPSA) is 81.3 Å². The van der Waals surface area contributed by atoms with Gasteiger partial charge in [0.05, 0.1) is 17.8 Å². The Kier molecular flexibility index (Phi) is 7.82. The number of aldehydes is 1. The molecule has 0 aliphatic rings. The Morgan fingerprint density at radius 1 is 0.969 bits per heavy atom. The number of benzene rings is 2. The maximum absolute atomic E-state index is 13.2. The molecular formula is C26H30N2O4. The van der Waals surface area contributed by atoms with Crippen LogP contribution in [0.25, 0.3) is 11.1 Å². The fraction of sp³-hybridized carbons (Fsp3) is 0.346. The summed E-state index contributed by atoms with van der Waals surface area (Å²) in [6, 6.07) is 14.5. The predicted octanol–water partition coefficient (Wildman–Crippen LogP) is 5.02. The number of carbonyl (C=O) groups is 2. The number of aromatic carboxylic acids is 1. The van der Waals surface area contributed by atoms with Crippen LogP contribution >= 0.6 is 0 Å². The van der Waals surface area contributed by atoms with E-state index in [2.05, 4.69) is 6.92 Å². The van der Waals surface area contributed by atoms with Crippen molar-refractivity contribution >= 4 is 12.3 Å². The summed E-state index contributed by atoms with van der Waals surface area (Å²) in [5, 5.41) is 9.45. The molecule has 2 aromatic carbocycles. The van der Waals surface area contributed by atoms with Crippen LogP contribution in [0.4, 0.5) is 0 Å². The van der Waals surface area contributed by atoms with Crippen molar-refractivity contribution in [2.75, 3.05) is 0 Å². The molecule has 3 rings (SSSR count). The molecule has 6 nitrogen and oxygen atoms in total. The van der Waals surface area contributed by atoms with Gasteiger partial charge in [-0.15, -0.1) is 0 Å². The van der Waals surface area contributed by atoms with Gasteiger partial charge in [0.15, 0.2) is 6.29 Å². The molecule has 0 amide bonds. The highest BCUT2D eigenvalue weighted by molar-refractivity contribution is 5.96. The molecule has 0 fully saturated rings. The Morgan fingerprint density at radius 3 is 2.31 bits per heavy atom. The molecule has 0 saturated heterocycles. The maximum atomic E-state index is 13.2. The van der Waals surface area contributed by atoms with Crippen LogP contribution in [0.2, 0.25) is 0 Å². The summed E-state index contributed by atoms with van der Waals surface area (Å²) in [4.78, 5) is 36.5. The highest BCUT2D eigenvalue weighted by Gasteiger charge is 2.19. The molecule has 1 aromatic heterocycles. The SMILES string of the molecule is CCCCCn1c(C=O)c(CCC)n(Cc2ccc(-c3ccccc3C(=O)O)cc2)c1=O. The minimum Gasteiger partial charge on any atom is -0.478 e. The smallest absolute Gasteiger partial charge is 0.336 e. The lowest BCUT2D eigenvalue weighted by atomic mass is 9.99. The number of carbonyl (C=O) groups excluding carboxylic acids is 1. The molecule has 1 heterocycles. The molecular weight excluding hydrogens is 404 g/mol. The molecule has 32 heavy (non-hydrogen) atoms. The van der Waals surface area contributed by atoms with E-state index in [0.29, 0.717) is 30.8 Å². The second kappa shape index (κ2) is 10.8. The molecule has 0 spiro atoms. The summed E-state index contributed by atoms with van der Waals surface area (Å²) < 4.78 is 3.32. The zero-order valence-corrected chi connectivity index (χ0v) is 18.7. The van der Waals surface area contributed by atoms with Crippen LogP contribution in [0.3, 0.4) is 0 Å². The molecule has 0 aliphatic carbocycles. The molecule has 0 aliphatic heterocycles. The Hall–Kier alpha value is -3.41. The van der Waals surface area contributed by atoms with Crippen molar-refractivity contribution in [2.24, 2.45) is 0 Å². The number of unbranched alkanes of at least 4 members (excludes halogenated alkanes) is 2. The van der Waals surface area contributed by atoms with Crippen molar-refractivity contribution in [1.82, 2.24) is 9.13 Å². The van der Waals surface area contributed by atoms with E-state index < -0.39 is 5.97 Å². The zero-order chi connectivity index (χ0) is 23.1. The Labute approximate surface area is 188 Å². The minimum atomic E-state index is -0.966. The summed E-state index contributed by atoms with van der Waals surface area (Å²) in [7, 11) is 0. The van der Waals surface area contributed by atoms with E-state index >= 15 is 0 Å². The van der Waals surface area contributed by atoms with Gasteiger partial charge in [-0.2, -0.15) is 0 Å². The van der Waals surface area contributed by atoms with E-state index in [9.17, 15) is 19.5 Å². The van der Waals surface area contributed by atoms with E-state index in [-0.39, 0.29) is 11.3 Å². The van der Waals surface area contributed by atoms with Gasteiger partial charge >= 0.3 is 11.7 Å². The Bertz CT molecular complexity index is 1140. The van der Waals surface area contributed by atoms with Gasteiger partial charge in [-0.3, -0.25) is 13.9 Å². The first-order chi connectivity index (χ1) is 15.5. The zero-order valence-electron chi connectivity index (χ0n) is 18.7. The lowest BCUT2D eigenvalue weighted by Crippen LogP contribution is -2.26. The molecule has 0 unspecified atom stereocenters. The Balaban J connectivity index is 1.94. The largest absolute Gasteiger partial charge is 0.478 e. The van der Waals surface area contributed by atoms with Crippen LogP contribution in [0.1, 0.15) is 71.6 Å². The molecule has 0 bridgehead atoms. The third kappa shape index (κ3) is 4.90.